The summed E-state index contributed by atoms with van der Waals surface area (Å²) in [5.41, 5.74) is 0.821. The van der Waals surface area contributed by atoms with Gasteiger partial charge in [-0.1, -0.05) is 0 Å². The SMILES string of the molecule is Cn1cnc(CCNCc2ccsc2C(=O)O)n1. The first-order valence-electron chi connectivity index (χ1n) is 5.51. The maximum Gasteiger partial charge on any atom is 0.346 e. The Morgan fingerprint density at radius 2 is 2.44 bits per heavy atom. The van der Waals surface area contributed by atoms with Crippen LogP contribution >= 0.6 is 11.3 Å². The second-order valence-corrected chi connectivity index (χ2v) is 4.76. The number of nitrogens with zero attached hydrogens (tertiary/aromatic N) is 3. The van der Waals surface area contributed by atoms with Crippen LogP contribution in [0.15, 0.2) is 17.8 Å². The molecule has 0 aromatic carbocycles. The number of aryl methyl sites for hydroxylation is 1. The Bertz CT molecular complexity index is 535. The Balaban J connectivity index is 1.78. The molecular weight excluding hydrogens is 252 g/mol. The van der Waals surface area contributed by atoms with E-state index in [4.69, 9.17) is 5.11 Å². The van der Waals surface area contributed by atoms with Crippen LogP contribution in [0.4, 0.5) is 0 Å². The molecule has 0 unspecified atom stereocenters. The zero-order chi connectivity index (χ0) is 13.0. The molecule has 0 radical (unpaired) electrons. The van der Waals surface area contributed by atoms with Gasteiger partial charge in [-0.15, -0.1) is 11.3 Å². The van der Waals surface area contributed by atoms with Crippen molar-refractivity contribution in [1.82, 2.24) is 20.1 Å². The fourth-order valence-electron chi connectivity index (χ4n) is 1.58. The lowest BCUT2D eigenvalue weighted by Crippen LogP contribution is -2.18. The van der Waals surface area contributed by atoms with Crippen molar-refractivity contribution in [2.45, 2.75) is 13.0 Å². The third-order valence-electron chi connectivity index (χ3n) is 2.43. The number of hydrogen-bond donors (Lipinski definition) is 2. The predicted octanol–water partition coefficient (Wildman–Crippen LogP) is 0.907. The minimum absolute atomic E-state index is 0.401. The highest BCUT2D eigenvalue weighted by molar-refractivity contribution is 7.12. The van der Waals surface area contributed by atoms with Crippen molar-refractivity contribution < 1.29 is 9.90 Å². The van der Waals surface area contributed by atoms with Crippen molar-refractivity contribution in [2.75, 3.05) is 6.54 Å². The molecule has 2 heterocycles. The molecular formula is C11H14N4O2S. The lowest BCUT2D eigenvalue weighted by Gasteiger charge is -2.02. The lowest BCUT2D eigenvalue weighted by atomic mass is 10.2. The fourth-order valence-corrected chi connectivity index (χ4v) is 2.35. The van der Waals surface area contributed by atoms with Crippen LogP contribution in [0.5, 0.6) is 0 Å². The van der Waals surface area contributed by atoms with E-state index in [2.05, 4.69) is 15.4 Å². The molecule has 0 saturated heterocycles. The largest absolute Gasteiger partial charge is 0.477 e. The topological polar surface area (TPSA) is 80.0 Å². The van der Waals surface area contributed by atoms with Crippen LogP contribution < -0.4 is 5.32 Å². The first-order valence-corrected chi connectivity index (χ1v) is 6.39. The maximum atomic E-state index is 10.9. The first-order chi connectivity index (χ1) is 8.66. The molecule has 0 bridgehead atoms. The van der Waals surface area contributed by atoms with Crippen molar-refractivity contribution in [2.24, 2.45) is 7.05 Å². The molecule has 0 aliphatic carbocycles. The van der Waals surface area contributed by atoms with E-state index in [-0.39, 0.29) is 0 Å². The second-order valence-electron chi connectivity index (χ2n) is 3.84. The molecule has 0 amide bonds. The van der Waals surface area contributed by atoms with Crippen LogP contribution in [0.25, 0.3) is 0 Å². The molecule has 2 rings (SSSR count). The van der Waals surface area contributed by atoms with Gasteiger partial charge in [0.2, 0.25) is 0 Å². The minimum Gasteiger partial charge on any atom is -0.477 e. The van der Waals surface area contributed by atoms with E-state index in [9.17, 15) is 4.79 Å². The summed E-state index contributed by atoms with van der Waals surface area (Å²) in [7, 11) is 1.83. The number of rotatable bonds is 6. The van der Waals surface area contributed by atoms with Crippen molar-refractivity contribution in [1.29, 1.82) is 0 Å². The predicted molar refractivity (Wildman–Crippen MR) is 67.7 cm³/mol. The summed E-state index contributed by atoms with van der Waals surface area (Å²) in [6, 6.07) is 1.83. The summed E-state index contributed by atoms with van der Waals surface area (Å²) in [5, 5.41) is 18.1. The molecule has 96 valence electrons. The monoisotopic (exact) mass is 266 g/mol. The lowest BCUT2D eigenvalue weighted by molar-refractivity contribution is 0.0701. The maximum absolute atomic E-state index is 10.9. The third-order valence-corrected chi connectivity index (χ3v) is 3.37. The number of hydrogen-bond acceptors (Lipinski definition) is 5. The van der Waals surface area contributed by atoms with Crippen LogP contribution in [0, 0.1) is 0 Å². The number of aromatic nitrogens is 3. The average Bonchev–Trinajstić information content (AvgIpc) is 2.93. The van der Waals surface area contributed by atoms with Crippen molar-refractivity contribution in [3.8, 4) is 0 Å². The van der Waals surface area contributed by atoms with E-state index in [1.807, 2.05) is 13.1 Å². The van der Waals surface area contributed by atoms with E-state index >= 15 is 0 Å². The normalized spacial score (nSPS) is 10.7. The number of aromatic carboxylic acids is 1. The zero-order valence-corrected chi connectivity index (χ0v) is 10.8. The van der Waals surface area contributed by atoms with Gasteiger partial charge in [0.25, 0.3) is 0 Å². The van der Waals surface area contributed by atoms with Gasteiger partial charge in [0, 0.05) is 26.6 Å². The van der Waals surface area contributed by atoms with Gasteiger partial charge in [-0.2, -0.15) is 5.10 Å². The molecule has 0 aliphatic heterocycles. The highest BCUT2D eigenvalue weighted by Crippen LogP contribution is 2.16. The molecule has 2 N–H and O–H groups in total. The van der Waals surface area contributed by atoms with Crippen molar-refractivity contribution in [3.05, 3.63) is 34.0 Å². The summed E-state index contributed by atoms with van der Waals surface area (Å²) in [4.78, 5) is 15.4. The molecule has 18 heavy (non-hydrogen) atoms. The van der Waals surface area contributed by atoms with Gasteiger partial charge in [0.15, 0.2) is 5.82 Å². The molecule has 6 nitrogen and oxygen atoms in total. The molecule has 0 spiro atoms. The van der Waals surface area contributed by atoms with Crippen LogP contribution in [-0.4, -0.2) is 32.4 Å². The number of carboxylic acid groups (broad SMARTS) is 1. The Kier molecular flexibility index (Phi) is 4.06. The van der Waals surface area contributed by atoms with E-state index in [1.54, 1.807) is 16.4 Å². The van der Waals surface area contributed by atoms with Gasteiger partial charge < -0.3 is 10.4 Å². The fraction of sp³-hybridized carbons (Fsp3) is 0.364. The van der Waals surface area contributed by atoms with Gasteiger partial charge in [0.1, 0.15) is 11.2 Å². The zero-order valence-electron chi connectivity index (χ0n) is 9.96. The standard InChI is InChI=1S/C11H14N4O2S/c1-15-7-13-9(14-15)2-4-12-6-8-3-5-18-10(8)11(16)17/h3,5,7,12H,2,4,6H2,1H3,(H,16,17). The third kappa shape index (κ3) is 3.14. The van der Waals surface area contributed by atoms with E-state index in [1.165, 1.54) is 11.3 Å². The number of carbonyl (C=O) groups is 1. The Hall–Kier alpha value is -1.73. The van der Waals surface area contributed by atoms with Gasteiger partial charge in [-0.3, -0.25) is 4.68 Å². The van der Waals surface area contributed by atoms with E-state index < -0.39 is 5.97 Å². The van der Waals surface area contributed by atoms with Gasteiger partial charge >= 0.3 is 5.97 Å². The van der Waals surface area contributed by atoms with Gasteiger partial charge in [0.05, 0.1) is 0 Å². The number of nitrogens with one attached hydrogen (secondary N) is 1. The van der Waals surface area contributed by atoms with Crippen LogP contribution in [0.2, 0.25) is 0 Å². The summed E-state index contributed by atoms with van der Waals surface area (Å²) >= 11 is 1.25. The number of carboxylic acids is 1. The Morgan fingerprint density at radius 1 is 1.61 bits per heavy atom. The van der Waals surface area contributed by atoms with Crippen molar-refractivity contribution in [3.63, 3.8) is 0 Å². The summed E-state index contributed by atoms with van der Waals surface area (Å²) in [5.74, 6) is -0.0815. The molecule has 7 heteroatoms. The van der Waals surface area contributed by atoms with Crippen molar-refractivity contribution >= 4 is 17.3 Å². The summed E-state index contributed by atoms with van der Waals surface area (Å²) in [6.07, 6.45) is 2.39. The molecule has 0 fully saturated rings. The van der Waals surface area contributed by atoms with Crippen LogP contribution in [0.1, 0.15) is 21.1 Å². The first kappa shape index (κ1) is 12.7. The molecule has 2 aromatic heterocycles. The Labute approximate surface area is 108 Å². The summed E-state index contributed by atoms with van der Waals surface area (Å²) in [6.45, 7) is 1.27. The summed E-state index contributed by atoms with van der Waals surface area (Å²) < 4.78 is 1.66. The molecule has 2 aromatic rings. The smallest absolute Gasteiger partial charge is 0.346 e. The van der Waals surface area contributed by atoms with Gasteiger partial charge in [-0.05, 0) is 17.0 Å². The molecule has 0 saturated carbocycles. The molecule has 0 atom stereocenters. The minimum atomic E-state index is -0.867. The van der Waals surface area contributed by atoms with Crippen LogP contribution in [-0.2, 0) is 20.0 Å². The second kappa shape index (κ2) is 5.74. The van der Waals surface area contributed by atoms with E-state index in [0.717, 1.165) is 24.4 Å². The quantitative estimate of drug-likeness (QED) is 0.760. The average molecular weight is 266 g/mol. The highest BCUT2D eigenvalue weighted by Gasteiger charge is 2.10. The van der Waals surface area contributed by atoms with Gasteiger partial charge in [-0.25, -0.2) is 9.78 Å². The highest BCUT2D eigenvalue weighted by atomic mass is 32.1. The number of thiophene rings is 1. The molecule has 0 aliphatic rings. The Morgan fingerprint density at radius 3 is 3.11 bits per heavy atom. The van der Waals surface area contributed by atoms with Crippen LogP contribution in [0.3, 0.4) is 0 Å². The van der Waals surface area contributed by atoms with E-state index in [0.29, 0.717) is 11.4 Å².